The lowest BCUT2D eigenvalue weighted by Crippen LogP contribution is -2.28. The summed E-state index contributed by atoms with van der Waals surface area (Å²) in [6, 6.07) is 3.46. The van der Waals surface area contributed by atoms with Gasteiger partial charge in [0.1, 0.15) is 0 Å². The summed E-state index contributed by atoms with van der Waals surface area (Å²) in [6.07, 6.45) is 0. The molecule has 0 saturated carbocycles. The van der Waals surface area contributed by atoms with Gasteiger partial charge in [-0.1, -0.05) is 0 Å². The molecule has 0 aliphatic carbocycles. The Morgan fingerprint density at radius 1 is 1.33 bits per heavy atom. The second-order valence-electron chi connectivity index (χ2n) is 3.91. The molecule has 0 fully saturated rings. The van der Waals surface area contributed by atoms with E-state index in [1.165, 1.54) is 19.1 Å². The van der Waals surface area contributed by atoms with Gasteiger partial charge in [-0.05, 0) is 13.0 Å². The molecule has 1 aromatic carbocycles. The average Bonchev–Trinajstić information content (AvgIpc) is 2.63. The van der Waals surface area contributed by atoms with E-state index in [4.69, 9.17) is 0 Å². The number of non-ortho nitro benzene ring substituents is 1. The van der Waals surface area contributed by atoms with E-state index in [9.17, 15) is 31.7 Å². The van der Waals surface area contributed by atoms with Crippen LogP contribution in [0.2, 0.25) is 0 Å². The van der Waals surface area contributed by atoms with Crippen molar-refractivity contribution in [2.24, 2.45) is 0 Å². The van der Waals surface area contributed by atoms with Crippen LogP contribution in [0.4, 0.5) is 18.9 Å². The number of nitro benzene ring substituents is 1. The van der Waals surface area contributed by atoms with Gasteiger partial charge in [0, 0.05) is 27.1 Å². The monoisotopic (exact) mass is 341 g/mol. The van der Waals surface area contributed by atoms with E-state index >= 15 is 0 Å². The van der Waals surface area contributed by atoms with Crippen LogP contribution < -0.4 is 4.18 Å². The Morgan fingerprint density at radius 3 is 2.48 bits per heavy atom. The number of nitro groups is 1. The van der Waals surface area contributed by atoms with Crippen LogP contribution >= 0.6 is 11.3 Å². The number of fused-ring (bicyclic) bond motifs is 1. The summed E-state index contributed by atoms with van der Waals surface area (Å²) < 4.78 is 63.7. The molecule has 1 heterocycles. The number of thiophene rings is 1. The van der Waals surface area contributed by atoms with E-state index in [0.29, 0.717) is 4.70 Å². The molecule has 0 aliphatic rings. The van der Waals surface area contributed by atoms with E-state index in [0.717, 1.165) is 17.4 Å². The maximum atomic E-state index is 12.3. The number of rotatable bonds is 3. The quantitative estimate of drug-likeness (QED) is 0.370. The number of nitrogens with zero attached hydrogens (tertiary/aromatic N) is 1. The molecule has 11 heteroatoms. The minimum absolute atomic E-state index is 0.0560. The van der Waals surface area contributed by atoms with E-state index < -0.39 is 26.3 Å². The first kappa shape index (κ1) is 15.5. The van der Waals surface area contributed by atoms with Crippen molar-refractivity contribution < 1.29 is 30.7 Å². The van der Waals surface area contributed by atoms with Gasteiger partial charge in [-0.3, -0.25) is 10.1 Å². The first-order valence-corrected chi connectivity index (χ1v) is 7.43. The first-order valence-electron chi connectivity index (χ1n) is 5.21. The van der Waals surface area contributed by atoms with Gasteiger partial charge >= 0.3 is 15.6 Å². The van der Waals surface area contributed by atoms with Gasteiger partial charge in [0.2, 0.25) is 0 Å². The van der Waals surface area contributed by atoms with Gasteiger partial charge in [0.25, 0.3) is 5.69 Å². The summed E-state index contributed by atoms with van der Waals surface area (Å²) in [6.45, 7) is 1.36. The van der Waals surface area contributed by atoms with Crippen LogP contribution in [-0.4, -0.2) is 18.8 Å². The summed E-state index contributed by atoms with van der Waals surface area (Å²) in [5.74, 6) is -0.545. The SMILES string of the molecule is Cc1sc2ccc([N+](=O)[O-])cc2c1OS(=O)(=O)C(F)(F)F. The summed E-state index contributed by atoms with van der Waals surface area (Å²) >= 11 is 0.971. The molecular weight excluding hydrogens is 335 g/mol. The molecule has 0 spiro atoms. The molecule has 0 atom stereocenters. The Balaban J connectivity index is 2.61. The number of alkyl halides is 3. The van der Waals surface area contributed by atoms with Crippen LogP contribution in [0.3, 0.4) is 0 Å². The fraction of sp³-hybridized carbons (Fsp3) is 0.200. The topological polar surface area (TPSA) is 86.5 Å². The van der Waals surface area contributed by atoms with Gasteiger partial charge in [0.05, 0.1) is 4.92 Å². The highest BCUT2D eigenvalue weighted by atomic mass is 32.2. The predicted molar refractivity (Wildman–Crippen MR) is 68.8 cm³/mol. The third kappa shape index (κ3) is 2.78. The predicted octanol–water partition coefficient (Wildman–Crippen LogP) is 3.35. The summed E-state index contributed by atoms with van der Waals surface area (Å²) in [5.41, 5.74) is -5.96. The Labute approximate surface area is 120 Å². The fourth-order valence-corrected chi connectivity index (χ4v) is 3.11. The summed E-state index contributed by atoms with van der Waals surface area (Å²) in [4.78, 5) is 10.1. The number of hydrogen-bond donors (Lipinski definition) is 0. The Hall–Kier alpha value is -1.88. The molecule has 2 aromatic rings. The minimum atomic E-state index is -5.83. The Morgan fingerprint density at radius 2 is 1.95 bits per heavy atom. The van der Waals surface area contributed by atoms with Crippen LogP contribution in [0, 0.1) is 17.0 Å². The normalized spacial score (nSPS) is 12.6. The lowest BCUT2D eigenvalue weighted by Gasteiger charge is -2.09. The first-order chi connectivity index (χ1) is 9.53. The van der Waals surface area contributed by atoms with Crippen molar-refractivity contribution in [3.8, 4) is 5.75 Å². The van der Waals surface area contributed by atoms with E-state index in [-0.39, 0.29) is 16.0 Å². The number of halogens is 3. The van der Waals surface area contributed by atoms with Crippen molar-refractivity contribution in [1.29, 1.82) is 0 Å². The van der Waals surface area contributed by atoms with Crippen LogP contribution in [0.5, 0.6) is 5.75 Å². The minimum Gasteiger partial charge on any atom is -0.374 e. The van der Waals surface area contributed by atoms with Crippen LogP contribution in [0.25, 0.3) is 10.1 Å². The molecule has 0 saturated heterocycles. The van der Waals surface area contributed by atoms with E-state index in [1.54, 1.807) is 0 Å². The standard InChI is InChI=1S/C10H6F3NO5S2/c1-5-9(19-21(17,18)10(11,12)13)7-4-6(14(15)16)2-3-8(7)20-5/h2-4H,1H3. The van der Waals surface area contributed by atoms with Crippen molar-refractivity contribution in [2.45, 2.75) is 12.4 Å². The number of benzene rings is 1. The highest BCUT2D eigenvalue weighted by Crippen LogP contribution is 2.41. The zero-order chi connectivity index (χ0) is 16.0. The fourth-order valence-electron chi connectivity index (χ4n) is 1.56. The molecule has 0 amide bonds. The van der Waals surface area contributed by atoms with Gasteiger partial charge in [-0.15, -0.1) is 11.3 Å². The van der Waals surface area contributed by atoms with Gasteiger partial charge < -0.3 is 4.18 Å². The summed E-state index contributed by atoms with van der Waals surface area (Å²) in [7, 11) is -5.83. The molecule has 0 N–H and O–H groups in total. The Kier molecular flexibility index (Phi) is 3.58. The lowest BCUT2D eigenvalue weighted by atomic mass is 10.2. The van der Waals surface area contributed by atoms with Crippen molar-refractivity contribution >= 4 is 37.2 Å². The Bertz CT molecular complexity index is 825. The average molecular weight is 341 g/mol. The van der Waals surface area contributed by atoms with Crippen molar-refractivity contribution in [2.75, 3.05) is 0 Å². The molecule has 0 aliphatic heterocycles. The van der Waals surface area contributed by atoms with Gasteiger partial charge in [-0.25, -0.2) is 0 Å². The molecule has 21 heavy (non-hydrogen) atoms. The molecular formula is C10H6F3NO5S2. The molecule has 1 aromatic heterocycles. The van der Waals surface area contributed by atoms with Crippen molar-refractivity contribution in [3.63, 3.8) is 0 Å². The molecule has 0 bridgehead atoms. The highest BCUT2D eigenvalue weighted by Gasteiger charge is 2.49. The molecule has 0 unspecified atom stereocenters. The summed E-state index contributed by atoms with van der Waals surface area (Å²) in [5, 5.41) is 10.6. The van der Waals surface area contributed by atoms with Crippen LogP contribution in [0.15, 0.2) is 18.2 Å². The van der Waals surface area contributed by atoms with Crippen LogP contribution in [-0.2, 0) is 10.1 Å². The maximum Gasteiger partial charge on any atom is 0.534 e. The third-order valence-electron chi connectivity index (χ3n) is 2.48. The molecule has 0 radical (unpaired) electrons. The number of hydrogen-bond acceptors (Lipinski definition) is 6. The highest BCUT2D eigenvalue weighted by molar-refractivity contribution is 7.88. The van der Waals surface area contributed by atoms with Gasteiger partial charge in [-0.2, -0.15) is 21.6 Å². The molecule has 114 valence electrons. The largest absolute Gasteiger partial charge is 0.534 e. The smallest absolute Gasteiger partial charge is 0.374 e. The zero-order valence-corrected chi connectivity index (χ0v) is 11.8. The van der Waals surface area contributed by atoms with Crippen LogP contribution in [0.1, 0.15) is 4.88 Å². The van der Waals surface area contributed by atoms with E-state index in [2.05, 4.69) is 4.18 Å². The van der Waals surface area contributed by atoms with Crippen molar-refractivity contribution in [1.82, 2.24) is 0 Å². The third-order valence-corrected chi connectivity index (χ3v) is 4.50. The molecule has 2 rings (SSSR count). The number of aryl methyl sites for hydroxylation is 1. The van der Waals surface area contributed by atoms with Crippen molar-refractivity contribution in [3.05, 3.63) is 33.2 Å². The van der Waals surface area contributed by atoms with E-state index in [1.807, 2.05) is 0 Å². The second kappa shape index (κ2) is 4.84. The van der Waals surface area contributed by atoms with Gasteiger partial charge in [0.15, 0.2) is 5.75 Å². The maximum absolute atomic E-state index is 12.3. The molecule has 6 nitrogen and oxygen atoms in total. The lowest BCUT2D eigenvalue weighted by molar-refractivity contribution is -0.384. The zero-order valence-electron chi connectivity index (χ0n) is 10.2. The second-order valence-corrected chi connectivity index (χ2v) is 6.70.